The number of hydrogen-bond acceptors (Lipinski definition) is 3. The zero-order valence-electron chi connectivity index (χ0n) is 12.0. The van der Waals surface area contributed by atoms with Crippen molar-refractivity contribution >= 4 is 11.4 Å². The Morgan fingerprint density at radius 3 is 2.29 bits per heavy atom. The average Bonchev–Trinajstić information content (AvgIpc) is 2.28. The van der Waals surface area contributed by atoms with Crippen LogP contribution in [0.15, 0.2) is 18.2 Å². The molecule has 2 atom stereocenters. The fraction of sp³-hybridized carbons (Fsp3) is 0.538. The lowest BCUT2D eigenvalue weighted by Gasteiger charge is -2.26. The summed E-state index contributed by atoms with van der Waals surface area (Å²) in [6, 6.07) is 1.98. The summed E-state index contributed by atoms with van der Waals surface area (Å²) in [5, 5.41) is 0. The van der Waals surface area contributed by atoms with E-state index in [1.807, 2.05) is 0 Å². The Balaban J connectivity index is 2.93. The van der Waals surface area contributed by atoms with E-state index in [0.29, 0.717) is 0 Å². The molecule has 1 aromatic carbocycles. The van der Waals surface area contributed by atoms with E-state index in [-0.39, 0.29) is 5.56 Å². The average molecular weight is 327 g/mol. The van der Waals surface area contributed by atoms with Crippen molar-refractivity contribution in [2.24, 2.45) is 0 Å². The van der Waals surface area contributed by atoms with E-state index < -0.39 is 40.1 Å². The van der Waals surface area contributed by atoms with Crippen LogP contribution in [0.1, 0.15) is 39.3 Å². The molecule has 1 rings (SSSR count). The first-order chi connectivity index (χ1) is 9.40. The molecule has 1 N–H and O–H groups in total. The number of hydrogen-bond donors (Lipinski definition) is 1. The molecule has 21 heavy (non-hydrogen) atoms. The van der Waals surface area contributed by atoms with E-state index in [4.69, 9.17) is 0 Å². The van der Waals surface area contributed by atoms with E-state index in [1.165, 1.54) is 6.92 Å². The third-order valence-electron chi connectivity index (χ3n) is 2.51. The fourth-order valence-electron chi connectivity index (χ4n) is 1.45. The number of ether oxygens (including phenoxy) is 1. The highest BCUT2D eigenvalue weighted by molar-refractivity contribution is 7.90. The van der Waals surface area contributed by atoms with Crippen LogP contribution < -0.4 is 9.46 Å². The first-order valence-electron chi connectivity index (χ1n) is 6.13. The number of alkyl halides is 3. The molecule has 0 heterocycles. The molecule has 3 nitrogen and oxygen atoms in total. The van der Waals surface area contributed by atoms with E-state index in [1.54, 1.807) is 20.8 Å². The molecule has 0 aliphatic heterocycles. The van der Waals surface area contributed by atoms with Crippen LogP contribution in [0.4, 0.5) is 17.6 Å². The predicted molar refractivity (Wildman–Crippen MR) is 72.5 cm³/mol. The predicted octanol–water partition coefficient (Wildman–Crippen LogP) is 3.84. The van der Waals surface area contributed by atoms with Crippen molar-refractivity contribution in [1.29, 1.82) is 0 Å². The maximum atomic E-state index is 13.7. The third kappa shape index (κ3) is 5.72. The van der Waals surface area contributed by atoms with Gasteiger partial charge in [-0.2, -0.15) is 0 Å². The summed E-state index contributed by atoms with van der Waals surface area (Å²) in [5.74, 6) is -1.22. The summed E-state index contributed by atoms with van der Waals surface area (Å²) >= 11 is -1.48. The smallest absolute Gasteiger partial charge is 0.573 e. The minimum absolute atomic E-state index is 0.0469. The highest BCUT2D eigenvalue weighted by atomic mass is 32.2. The molecule has 0 aromatic heterocycles. The molecule has 1 aromatic rings. The van der Waals surface area contributed by atoms with Gasteiger partial charge in [-0.25, -0.2) is 4.39 Å². The van der Waals surface area contributed by atoms with Gasteiger partial charge in [0.05, 0.1) is 6.04 Å². The number of halogens is 4. The van der Waals surface area contributed by atoms with E-state index in [2.05, 4.69) is 9.46 Å². The zero-order valence-corrected chi connectivity index (χ0v) is 12.9. The molecule has 0 bridgehead atoms. The van der Waals surface area contributed by atoms with Crippen LogP contribution in [0.25, 0.3) is 0 Å². The van der Waals surface area contributed by atoms with Crippen LogP contribution in [0.5, 0.6) is 5.75 Å². The molecule has 8 heteroatoms. The van der Waals surface area contributed by atoms with E-state index >= 15 is 0 Å². The van der Waals surface area contributed by atoms with Crippen molar-refractivity contribution in [1.82, 2.24) is 4.72 Å². The molecule has 0 saturated carbocycles. The van der Waals surface area contributed by atoms with Gasteiger partial charge in [-0.1, -0.05) is 0 Å². The largest absolute Gasteiger partial charge is 0.598 e. The van der Waals surface area contributed by atoms with Gasteiger partial charge in [0.1, 0.15) is 16.3 Å². The van der Waals surface area contributed by atoms with Crippen LogP contribution in [0.3, 0.4) is 0 Å². The van der Waals surface area contributed by atoms with Gasteiger partial charge in [-0.15, -0.1) is 17.9 Å². The second-order valence-electron chi connectivity index (χ2n) is 5.45. The van der Waals surface area contributed by atoms with Crippen LogP contribution in [0, 0.1) is 5.82 Å². The fourth-order valence-corrected chi connectivity index (χ4v) is 2.25. The van der Waals surface area contributed by atoms with Crippen molar-refractivity contribution in [2.75, 3.05) is 0 Å². The molecule has 0 saturated heterocycles. The molecule has 0 aliphatic rings. The minimum Gasteiger partial charge on any atom is -0.598 e. The van der Waals surface area contributed by atoms with Gasteiger partial charge < -0.3 is 9.29 Å². The molecule has 0 spiro atoms. The van der Waals surface area contributed by atoms with Crippen molar-refractivity contribution in [3.05, 3.63) is 29.6 Å². The lowest BCUT2D eigenvalue weighted by Crippen LogP contribution is -2.40. The summed E-state index contributed by atoms with van der Waals surface area (Å²) in [6.07, 6.45) is -4.85. The third-order valence-corrected chi connectivity index (χ3v) is 4.19. The van der Waals surface area contributed by atoms with Gasteiger partial charge in [0.15, 0.2) is 0 Å². The Labute approximate surface area is 124 Å². The molecule has 0 amide bonds. The summed E-state index contributed by atoms with van der Waals surface area (Å²) in [7, 11) is 0. The van der Waals surface area contributed by atoms with Crippen LogP contribution in [-0.2, 0) is 11.4 Å². The van der Waals surface area contributed by atoms with Crippen LogP contribution in [-0.4, -0.2) is 15.7 Å². The zero-order chi connectivity index (χ0) is 16.4. The van der Waals surface area contributed by atoms with E-state index in [9.17, 15) is 22.1 Å². The van der Waals surface area contributed by atoms with Crippen molar-refractivity contribution in [2.45, 2.75) is 44.8 Å². The van der Waals surface area contributed by atoms with Crippen molar-refractivity contribution in [3.8, 4) is 5.75 Å². The molecular weight excluding hydrogens is 310 g/mol. The topological polar surface area (TPSA) is 44.3 Å². The van der Waals surface area contributed by atoms with Gasteiger partial charge >= 0.3 is 6.36 Å². The normalized spacial score (nSPS) is 15.7. The molecule has 0 radical (unpaired) electrons. The summed E-state index contributed by atoms with van der Waals surface area (Å²) in [6.45, 7) is 6.69. The number of rotatable bonds is 4. The standard InChI is InChI=1S/C13H17F4NO2S/c1-8(18-21(19)12(2,3)4)10-7-9(5-6-11(10)14)20-13(15,16)17/h5-8,18H,1-4H3/t8-,21?/m0/s1. The molecular formula is C13H17F4NO2S. The maximum absolute atomic E-state index is 13.7. The van der Waals surface area contributed by atoms with Gasteiger partial charge in [-0.3, -0.25) is 0 Å². The number of nitrogens with one attached hydrogen (secondary N) is 1. The van der Waals surface area contributed by atoms with Crippen molar-refractivity contribution < 1.29 is 26.9 Å². The SMILES string of the molecule is C[C@H](N[S+]([O-])C(C)(C)C)c1cc(OC(F)(F)F)ccc1F. The highest BCUT2D eigenvalue weighted by Crippen LogP contribution is 2.28. The molecule has 120 valence electrons. The van der Waals surface area contributed by atoms with Crippen LogP contribution >= 0.6 is 0 Å². The Bertz CT molecular complexity index is 488. The van der Waals surface area contributed by atoms with Gasteiger partial charge in [-0.05, 0) is 45.9 Å². The van der Waals surface area contributed by atoms with Crippen LogP contribution in [0.2, 0.25) is 0 Å². The second kappa shape index (κ2) is 6.41. The summed E-state index contributed by atoms with van der Waals surface area (Å²) in [5.41, 5.74) is -0.0469. The van der Waals surface area contributed by atoms with Gasteiger partial charge in [0.2, 0.25) is 0 Å². The summed E-state index contributed by atoms with van der Waals surface area (Å²) in [4.78, 5) is 0. The quantitative estimate of drug-likeness (QED) is 0.675. The van der Waals surface area contributed by atoms with Crippen molar-refractivity contribution in [3.63, 3.8) is 0 Å². The first kappa shape index (κ1) is 18.1. The maximum Gasteiger partial charge on any atom is 0.573 e. The Morgan fingerprint density at radius 2 is 1.81 bits per heavy atom. The minimum atomic E-state index is -4.85. The van der Waals surface area contributed by atoms with Gasteiger partial charge in [0.25, 0.3) is 0 Å². The first-order valence-corrected chi connectivity index (χ1v) is 7.28. The Hall–Kier alpha value is -0.990. The second-order valence-corrected chi connectivity index (χ2v) is 7.45. The van der Waals surface area contributed by atoms with Gasteiger partial charge in [0, 0.05) is 16.9 Å². The molecule has 0 aliphatic carbocycles. The lowest BCUT2D eigenvalue weighted by atomic mass is 10.1. The summed E-state index contributed by atoms with van der Waals surface area (Å²) < 4.78 is 68.0. The Morgan fingerprint density at radius 1 is 1.24 bits per heavy atom. The van der Waals surface area contributed by atoms with E-state index in [0.717, 1.165) is 18.2 Å². The molecule has 0 fully saturated rings. The number of benzene rings is 1. The monoisotopic (exact) mass is 327 g/mol. The highest BCUT2D eigenvalue weighted by Gasteiger charge is 2.32. The Kier molecular flexibility index (Phi) is 5.51. The lowest BCUT2D eigenvalue weighted by molar-refractivity contribution is -0.274. The molecule has 1 unspecified atom stereocenters.